The van der Waals surface area contributed by atoms with Crippen molar-refractivity contribution in [3.63, 3.8) is 0 Å². The standard InChI is InChI=1S/C28H30N8O2/c1-18-12-26(34-36(18)11-5-10-29)33-28(37)14-22-13-25-21(15-30-22)8-9-24(31-25)23-6-4-7-27(32-23)35-16-19(2)38-20(3)17-35/h4,6-9,12-13,15,19-20H,5,11,14,16-17H2,1-3H3,(H,33,34,37)/t19-,20+. The van der Waals surface area contributed by atoms with Gasteiger partial charge in [0.15, 0.2) is 5.82 Å². The summed E-state index contributed by atoms with van der Waals surface area (Å²) in [5.74, 6) is 1.15. The predicted molar refractivity (Wildman–Crippen MR) is 145 cm³/mol. The molecule has 38 heavy (non-hydrogen) atoms. The lowest BCUT2D eigenvalue weighted by atomic mass is 10.1. The highest BCUT2D eigenvalue weighted by molar-refractivity contribution is 5.92. The highest BCUT2D eigenvalue weighted by Crippen LogP contribution is 2.24. The Kier molecular flexibility index (Phi) is 7.29. The molecule has 0 saturated carbocycles. The number of pyridine rings is 3. The minimum absolute atomic E-state index is 0.0904. The number of rotatable bonds is 7. The van der Waals surface area contributed by atoms with Crippen LogP contribution in [0.1, 0.15) is 31.7 Å². The van der Waals surface area contributed by atoms with E-state index in [9.17, 15) is 4.79 Å². The van der Waals surface area contributed by atoms with E-state index in [4.69, 9.17) is 20.0 Å². The number of morpholine rings is 1. The summed E-state index contributed by atoms with van der Waals surface area (Å²) in [6.45, 7) is 8.12. The molecule has 5 rings (SSSR count). The number of ether oxygens (including phenoxy) is 1. The van der Waals surface area contributed by atoms with Gasteiger partial charge >= 0.3 is 0 Å². The van der Waals surface area contributed by atoms with E-state index in [1.807, 2.05) is 43.3 Å². The van der Waals surface area contributed by atoms with Crippen molar-refractivity contribution in [3.05, 3.63) is 60.0 Å². The first-order chi connectivity index (χ1) is 18.4. The zero-order valence-electron chi connectivity index (χ0n) is 21.8. The molecular formula is C28H30N8O2. The summed E-state index contributed by atoms with van der Waals surface area (Å²) in [5, 5.41) is 16.9. The van der Waals surface area contributed by atoms with Gasteiger partial charge in [-0.25, -0.2) is 9.97 Å². The number of nitrogens with one attached hydrogen (secondary N) is 1. The predicted octanol–water partition coefficient (Wildman–Crippen LogP) is 3.91. The number of nitrogens with zero attached hydrogens (tertiary/aromatic N) is 7. The number of hydrogen-bond acceptors (Lipinski definition) is 8. The van der Waals surface area contributed by atoms with Crippen LogP contribution in [0.2, 0.25) is 0 Å². The lowest BCUT2D eigenvalue weighted by molar-refractivity contribution is -0.115. The average Bonchev–Trinajstić information content (AvgIpc) is 3.24. The van der Waals surface area contributed by atoms with Crippen molar-refractivity contribution in [2.24, 2.45) is 0 Å². The fourth-order valence-electron chi connectivity index (χ4n) is 4.71. The Labute approximate surface area is 221 Å². The summed E-state index contributed by atoms with van der Waals surface area (Å²) >= 11 is 0. The van der Waals surface area contributed by atoms with Crippen LogP contribution in [0, 0.1) is 18.3 Å². The number of carbonyl (C=O) groups is 1. The molecule has 0 aliphatic carbocycles. The smallest absolute Gasteiger partial charge is 0.231 e. The number of fused-ring (bicyclic) bond motifs is 1. The minimum Gasteiger partial charge on any atom is -0.372 e. The molecule has 5 heterocycles. The molecule has 4 aromatic heterocycles. The molecule has 194 valence electrons. The second-order valence-corrected chi connectivity index (χ2v) is 9.64. The lowest BCUT2D eigenvalue weighted by Gasteiger charge is -2.36. The molecule has 0 spiro atoms. The summed E-state index contributed by atoms with van der Waals surface area (Å²) in [5.41, 5.74) is 3.78. The monoisotopic (exact) mass is 510 g/mol. The van der Waals surface area contributed by atoms with Crippen LogP contribution in [0.4, 0.5) is 11.6 Å². The quantitative estimate of drug-likeness (QED) is 0.397. The largest absolute Gasteiger partial charge is 0.372 e. The molecule has 1 amide bonds. The van der Waals surface area contributed by atoms with Crippen LogP contribution in [0.25, 0.3) is 22.3 Å². The lowest BCUT2D eigenvalue weighted by Crippen LogP contribution is -2.45. The van der Waals surface area contributed by atoms with Crippen LogP contribution < -0.4 is 10.2 Å². The van der Waals surface area contributed by atoms with Gasteiger partial charge in [0.2, 0.25) is 5.91 Å². The summed E-state index contributed by atoms with van der Waals surface area (Å²) in [7, 11) is 0. The van der Waals surface area contributed by atoms with E-state index >= 15 is 0 Å². The molecule has 2 atom stereocenters. The van der Waals surface area contributed by atoms with Crippen LogP contribution >= 0.6 is 0 Å². The number of amides is 1. The first-order valence-electron chi connectivity index (χ1n) is 12.7. The molecule has 1 aliphatic rings. The van der Waals surface area contributed by atoms with Crippen molar-refractivity contribution < 1.29 is 9.53 Å². The van der Waals surface area contributed by atoms with Gasteiger partial charge in [0, 0.05) is 36.4 Å². The molecule has 0 aromatic carbocycles. The number of hydrogen-bond donors (Lipinski definition) is 1. The highest BCUT2D eigenvalue weighted by Gasteiger charge is 2.23. The van der Waals surface area contributed by atoms with E-state index in [0.717, 1.165) is 46.9 Å². The van der Waals surface area contributed by atoms with Crippen LogP contribution in [0.5, 0.6) is 0 Å². The first kappa shape index (κ1) is 25.3. The normalized spacial score (nSPS) is 17.4. The van der Waals surface area contributed by atoms with Gasteiger partial charge < -0.3 is 15.0 Å². The maximum Gasteiger partial charge on any atom is 0.231 e. The van der Waals surface area contributed by atoms with E-state index in [-0.39, 0.29) is 24.5 Å². The van der Waals surface area contributed by atoms with Gasteiger partial charge in [-0.2, -0.15) is 10.4 Å². The molecular weight excluding hydrogens is 480 g/mol. The fourth-order valence-corrected chi connectivity index (χ4v) is 4.71. The Morgan fingerprint density at radius 3 is 2.71 bits per heavy atom. The van der Waals surface area contributed by atoms with Crippen molar-refractivity contribution in [2.75, 3.05) is 23.3 Å². The summed E-state index contributed by atoms with van der Waals surface area (Å²) in [6, 6.07) is 15.6. The zero-order chi connectivity index (χ0) is 26.6. The third kappa shape index (κ3) is 5.79. The topological polar surface area (TPSA) is 122 Å². The van der Waals surface area contributed by atoms with Crippen LogP contribution in [0.3, 0.4) is 0 Å². The van der Waals surface area contributed by atoms with Crippen molar-refractivity contribution in [3.8, 4) is 17.5 Å². The van der Waals surface area contributed by atoms with E-state index in [0.29, 0.717) is 24.5 Å². The van der Waals surface area contributed by atoms with Gasteiger partial charge in [0.25, 0.3) is 0 Å². The molecule has 0 radical (unpaired) electrons. The molecule has 1 saturated heterocycles. The molecule has 4 aromatic rings. The first-order valence-corrected chi connectivity index (χ1v) is 12.7. The van der Waals surface area contributed by atoms with Gasteiger partial charge in [0.05, 0.1) is 60.3 Å². The number of anilines is 2. The second-order valence-electron chi connectivity index (χ2n) is 9.64. The third-order valence-corrected chi connectivity index (χ3v) is 6.40. The van der Waals surface area contributed by atoms with E-state index < -0.39 is 0 Å². The summed E-state index contributed by atoms with van der Waals surface area (Å²) in [4.78, 5) is 29.1. The van der Waals surface area contributed by atoms with Gasteiger partial charge in [0.1, 0.15) is 5.82 Å². The summed E-state index contributed by atoms with van der Waals surface area (Å²) in [6.07, 6.45) is 2.48. The van der Waals surface area contributed by atoms with Gasteiger partial charge in [-0.05, 0) is 51.1 Å². The van der Waals surface area contributed by atoms with Gasteiger partial charge in [-0.3, -0.25) is 14.5 Å². The van der Waals surface area contributed by atoms with Gasteiger partial charge in [-0.1, -0.05) is 6.07 Å². The molecule has 0 unspecified atom stereocenters. The van der Waals surface area contributed by atoms with Gasteiger partial charge in [-0.15, -0.1) is 0 Å². The fraction of sp³-hybridized carbons (Fsp3) is 0.357. The maximum atomic E-state index is 12.7. The van der Waals surface area contributed by atoms with E-state index in [1.54, 1.807) is 16.9 Å². The molecule has 1 fully saturated rings. The molecule has 10 heteroatoms. The zero-order valence-corrected chi connectivity index (χ0v) is 21.8. The Morgan fingerprint density at radius 1 is 1.13 bits per heavy atom. The van der Waals surface area contributed by atoms with Crippen molar-refractivity contribution >= 4 is 28.4 Å². The van der Waals surface area contributed by atoms with E-state index in [1.165, 1.54) is 0 Å². The Balaban J connectivity index is 1.32. The Hall–Kier alpha value is -4.36. The Morgan fingerprint density at radius 2 is 1.92 bits per heavy atom. The van der Waals surface area contributed by atoms with Crippen molar-refractivity contribution in [2.45, 2.75) is 52.4 Å². The molecule has 0 bridgehead atoms. The number of aryl methyl sites for hydroxylation is 2. The second kappa shape index (κ2) is 10.9. The average molecular weight is 511 g/mol. The number of carbonyl (C=O) groups excluding carboxylic acids is 1. The minimum atomic E-state index is -0.221. The van der Waals surface area contributed by atoms with E-state index in [2.05, 4.69) is 40.2 Å². The maximum absolute atomic E-state index is 12.7. The number of nitriles is 1. The van der Waals surface area contributed by atoms with Crippen molar-refractivity contribution in [1.82, 2.24) is 24.7 Å². The third-order valence-electron chi connectivity index (χ3n) is 6.40. The molecule has 1 N–H and O–H groups in total. The summed E-state index contributed by atoms with van der Waals surface area (Å²) < 4.78 is 7.57. The SMILES string of the molecule is Cc1cc(NC(=O)Cc2cc3nc(-c4cccc(N5C[C@@H](C)O[C@@H](C)C5)n4)ccc3cn2)nn1CCC#N. The highest BCUT2D eigenvalue weighted by atomic mass is 16.5. The molecule has 1 aliphatic heterocycles. The Bertz CT molecular complexity index is 1500. The molecule has 10 nitrogen and oxygen atoms in total. The van der Waals surface area contributed by atoms with Crippen molar-refractivity contribution in [1.29, 1.82) is 5.26 Å². The van der Waals surface area contributed by atoms with Crippen LogP contribution in [0.15, 0.2) is 48.7 Å². The van der Waals surface area contributed by atoms with Crippen LogP contribution in [-0.2, 0) is 22.5 Å². The number of aromatic nitrogens is 5. The van der Waals surface area contributed by atoms with Crippen LogP contribution in [-0.4, -0.2) is 55.9 Å².